The topological polar surface area (TPSA) is 69.7 Å². The Hall–Kier alpha value is -3.10. The van der Waals surface area contributed by atoms with Crippen molar-refractivity contribution in [3.05, 3.63) is 89.2 Å². The van der Waals surface area contributed by atoms with Crippen LogP contribution in [0.4, 0.5) is 15.8 Å². The zero-order chi connectivity index (χ0) is 22.7. The first-order chi connectivity index (χ1) is 15.3. The molecule has 32 heavy (non-hydrogen) atoms. The second kappa shape index (κ2) is 9.18. The van der Waals surface area contributed by atoms with Crippen molar-refractivity contribution in [1.29, 1.82) is 0 Å². The third-order valence-corrected chi connectivity index (χ3v) is 6.92. The number of halogens is 2. The van der Waals surface area contributed by atoms with Gasteiger partial charge in [-0.05, 0) is 60.7 Å². The summed E-state index contributed by atoms with van der Waals surface area (Å²) < 4.78 is 41.7. The number of rotatable bonds is 5. The molecular weight excluding hydrogens is 453 g/mol. The smallest absolute Gasteiger partial charge is 0.261 e. The Morgan fingerprint density at radius 2 is 1.50 bits per heavy atom. The molecule has 3 aromatic rings. The van der Waals surface area contributed by atoms with Gasteiger partial charge in [-0.25, -0.2) is 12.8 Å². The van der Waals surface area contributed by atoms with Gasteiger partial charge in [0.15, 0.2) is 0 Å². The lowest BCUT2D eigenvalue weighted by Crippen LogP contribution is -2.49. The summed E-state index contributed by atoms with van der Waals surface area (Å²) in [5.41, 5.74) is 1.32. The summed E-state index contributed by atoms with van der Waals surface area (Å²) in [6.45, 7) is 1.94. The van der Waals surface area contributed by atoms with E-state index in [4.69, 9.17) is 11.6 Å². The van der Waals surface area contributed by atoms with Crippen molar-refractivity contribution in [2.24, 2.45) is 0 Å². The fourth-order valence-corrected chi connectivity index (χ4v) is 4.73. The maximum absolute atomic E-state index is 14.0. The summed E-state index contributed by atoms with van der Waals surface area (Å²) in [7, 11) is -3.80. The van der Waals surface area contributed by atoms with Crippen molar-refractivity contribution in [2.45, 2.75) is 4.90 Å². The third-order valence-electron chi connectivity index (χ3n) is 5.27. The van der Waals surface area contributed by atoms with E-state index in [1.165, 1.54) is 30.3 Å². The largest absolute Gasteiger partial charge is 0.366 e. The Morgan fingerprint density at radius 3 is 2.12 bits per heavy atom. The second-order valence-corrected chi connectivity index (χ2v) is 9.49. The van der Waals surface area contributed by atoms with Gasteiger partial charge in [0.2, 0.25) is 0 Å². The van der Waals surface area contributed by atoms with Crippen LogP contribution < -0.4 is 9.62 Å². The van der Waals surface area contributed by atoms with Crippen LogP contribution in [0.1, 0.15) is 10.4 Å². The normalized spacial score (nSPS) is 14.3. The van der Waals surface area contributed by atoms with Crippen LogP contribution in [0.5, 0.6) is 0 Å². The van der Waals surface area contributed by atoms with Crippen molar-refractivity contribution < 1.29 is 17.6 Å². The second-order valence-electron chi connectivity index (χ2n) is 7.37. The highest BCUT2D eigenvalue weighted by Crippen LogP contribution is 2.22. The van der Waals surface area contributed by atoms with Gasteiger partial charge in [0.1, 0.15) is 5.82 Å². The van der Waals surface area contributed by atoms with Gasteiger partial charge in [-0.2, -0.15) is 0 Å². The van der Waals surface area contributed by atoms with Crippen molar-refractivity contribution in [3.8, 4) is 0 Å². The molecule has 1 saturated heterocycles. The third kappa shape index (κ3) is 4.87. The predicted octanol–water partition coefficient (Wildman–Crippen LogP) is 4.24. The van der Waals surface area contributed by atoms with Crippen LogP contribution in [-0.2, 0) is 10.0 Å². The Morgan fingerprint density at radius 1 is 0.875 bits per heavy atom. The molecule has 1 aliphatic rings. The predicted molar refractivity (Wildman–Crippen MR) is 123 cm³/mol. The molecule has 6 nitrogen and oxygen atoms in total. The van der Waals surface area contributed by atoms with E-state index in [1.54, 1.807) is 47.4 Å². The molecular formula is C23H21ClFN3O3S. The van der Waals surface area contributed by atoms with Crippen LogP contribution in [0.25, 0.3) is 0 Å². The van der Waals surface area contributed by atoms with E-state index < -0.39 is 10.0 Å². The number of amides is 1. The summed E-state index contributed by atoms with van der Waals surface area (Å²) in [5.74, 6) is -0.468. The molecule has 0 atom stereocenters. The van der Waals surface area contributed by atoms with E-state index in [1.807, 2.05) is 4.90 Å². The Kier molecular flexibility index (Phi) is 6.34. The van der Waals surface area contributed by atoms with Crippen molar-refractivity contribution in [2.75, 3.05) is 35.8 Å². The summed E-state index contributed by atoms with van der Waals surface area (Å²) in [6, 6.07) is 18.7. The summed E-state index contributed by atoms with van der Waals surface area (Å²) in [5, 5.41) is 0.505. The molecule has 0 aromatic heterocycles. The number of hydrogen-bond donors (Lipinski definition) is 1. The van der Waals surface area contributed by atoms with Crippen molar-refractivity contribution in [1.82, 2.24) is 4.90 Å². The molecule has 4 rings (SSSR count). The van der Waals surface area contributed by atoms with Crippen molar-refractivity contribution in [3.63, 3.8) is 0 Å². The van der Waals surface area contributed by atoms with Gasteiger partial charge in [-0.1, -0.05) is 23.7 Å². The SMILES string of the molecule is O=C(c1ccc(S(=O)(=O)Nc2ccc(Cl)cc2)cc1)N1CCN(c2ccccc2F)CC1. The molecule has 1 N–H and O–H groups in total. The zero-order valence-corrected chi connectivity index (χ0v) is 18.6. The molecule has 9 heteroatoms. The van der Waals surface area contributed by atoms with Crippen LogP contribution in [0, 0.1) is 5.82 Å². The maximum atomic E-state index is 14.0. The van der Waals surface area contributed by atoms with Crippen LogP contribution >= 0.6 is 11.6 Å². The first kappa shape index (κ1) is 22.1. The Labute approximate surface area is 191 Å². The van der Waals surface area contributed by atoms with E-state index in [-0.39, 0.29) is 16.6 Å². The lowest BCUT2D eigenvalue weighted by Gasteiger charge is -2.36. The number of piperazine rings is 1. The highest BCUT2D eigenvalue weighted by molar-refractivity contribution is 7.92. The highest BCUT2D eigenvalue weighted by Gasteiger charge is 2.24. The minimum absolute atomic E-state index is 0.0494. The molecule has 0 unspecified atom stereocenters. The van der Waals surface area contributed by atoms with E-state index in [0.717, 1.165) is 0 Å². The van der Waals surface area contributed by atoms with Crippen LogP contribution in [-0.4, -0.2) is 45.4 Å². The van der Waals surface area contributed by atoms with Gasteiger partial charge >= 0.3 is 0 Å². The lowest BCUT2D eigenvalue weighted by atomic mass is 10.1. The van der Waals surface area contributed by atoms with Gasteiger partial charge < -0.3 is 9.80 Å². The lowest BCUT2D eigenvalue weighted by molar-refractivity contribution is 0.0746. The quantitative estimate of drug-likeness (QED) is 0.601. The average Bonchev–Trinajstić information content (AvgIpc) is 2.80. The van der Waals surface area contributed by atoms with Gasteiger partial charge in [0.25, 0.3) is 15.9 Å². The molecule has 0 radical (unpaired) electrons. The fourth-order valence-electron chi connectivity index (χ4n) is 3.55. The van der Waals surface area contributed by atoms with Gasteiger partial charge in [0.05, 0.1) is 10.6 Å². The molecule has 166 valence electrons. The number of para-hydroxylation sites is 1. The monoisotopic (exact) mass is 473 g/mol. The first-order valence-corrected chi connectivity index (χ1v) is 11.9. The molecule has 3 aromatic carbocycles. The van der Waals surface area contributed by atoms with Gasteiger partial charge in [-0.15, -0.1) is 0 Å². The van der Waals surface area contributed by atoms with Crippen molar-refractivity contribution >= 4 is 38.9 Å². The van der Waals surface area contributed by atoms with Gasteiger partial charge in [0, 0.05) is 42.5 Å². The average molecular weight is 474 g/mol. The summed E-state index contributed by atoms with van der Waals surface area (Å²) in [4.78, 5) is 16.5. The number of sulfonamides is 1. The molecule has 0 aliphatic carbocycles. The molecule has 0 saturated carbocycles. The fraction of sp³-hybridized carbons (Fsp3) is 0.174. The Balaban J connectivity index is 1.40. The minimum Gasteiger partial charge on any atom is -0.366 e. The maximum Gasteiger partial charge on any atom is 0.261 e. The number of anilines is 2. The van der Waals surface area contributed by atoms with E-state index in [2.05, 4.69) is 4.72 Å². The molecule has 1 heterocycles. The zero-order valence-electron chi connectivity index (χ0n) is 17.0. The molecule has 0 bridgehead atoms. The standard InChI is InChI=1S/C23H21ClFN3O3S/c24-18-7-9-19(10-8-18)26-32(30,31)20-11-5-17(6-12-20)23(29)28-15-13-27(14-16-28)22-4-2-1-3-21(22)25/h1-12,26H,13-16H2. The number of benzene rings is 3. The summed E-state index contributed by atoms with van der Waals surface area (Å²) >= 11 is 5.82. The molecule has 1 fully saturated rings. The molecule has 1 amide bonds. The Bertz CT molecular complexity index is 1210. The first-order valence-electron chi connectivity index (χ1n) is 10.0. The molecule has 0 spiro atoms. The van der Waals surface area contributed by atoms with E-state index in [9.17, 15) is 17.6 Å². The van der Waals surface area contributed by atoms with Crippen LogP contribution in [0.2, 0.25) is 5.02 Å². The minimum atomic E-state index is -3.80. The van der Waals surface area contributed by atoms with Gasteiger partial charge in [-0.3, -0.25) is 9.52 Å². The summed E-state index contributed by atoms with van der Waals surface area (Å²) in [6.07, 6.45) is 0. The molecule has 1 aliphatic heterocycles. The number of hydrogen-bond acceptors (Lipinski definition) is 4. The number of carbonyl (C=O) groups is 1. The number of nitrogens with zero attached hydrogens (tertiary/aromatic N) is 2. The number of carbonyl (C=O) groups excluding carboxylic acids is 1. The van der Waals surface area contributed by atoms with E-state index >= 15 is 0 Å². The van der Waals surface area contributed by atoms with Crippen LogP contribution in [0.15, 0.2) is 77.7 Å². The van der Waals surface area contributed by atoms with Crippen LogP contribution in [0.3, 0.4) is 0 Å². The van der Waals surface area contributed by atoms with E-state index in [0.29, 0.717) is 48.1 Å². The highest BCUT2D eigenvalue weighted by atomic mass is 35.5. The number of nitrogens with one attached hydrogen (secondary N) is 1.